The van der Waals surface area contributed by atoms with E-state index in [2.05, 4.69) is 0 Å². The smallest absolute Gasteiger partial charge is 0.392 e. The summed E-state index contributed by atoms with van der Waals surface area (Å²) in [7, 11) is 5.56. The van der Waals surface area contributed by atoms with Gasteiger partial charge in [0.2, 0.25) is 0 Å². The average molecular weight is 276 g/mol. The highest BCUT2D eigenvalue weighted by molar-refractivity contribution is 5.51. The van der Waals surface area contributed by atoms with Gasteiger partial charge in [-0.1, -0.05) is 6.07 Å². The van der Waals surface area contributed by atoms with Crippen LogP contribution in [-0.2, 0) is 12.8 Å². The van der Waals surface area contributed by atoms with Crippen LogP contribution in [0.1, 0.15) is 11.1 Å². The van der Waals surface area contributed by atoms with Gasteiger partial charge >= 0.3 is 6.18 Å². The Bertz CT molecular complexity index is 419. The van der Waals surface area contributed by atoms with E-state index in [-0.39, 0.29) is 5.56 Å². The van der Waals surface area contributed by atoms with Crippen LogP contribution in [0.25, 0.3) is 0 Å². The van der Waals surface area contributed by atoms with Gasteiger partial charge < -0.3 is 14.9 Å². The van der Waals surface area contributed by atoms with Crippen LogP contribution in [0.5, 0.6) is 0 Å². The van der Waals surface area contributed by atoms with E-state index < -0.39 is 18.3 Å². The predicted octanol–water partition coefficient (Wildman–Crippen LogP) is 2.20. The molecule has 0 bridgehead atoms. The fourth-order valence-electron chi connectivity index (χ4n) is 1.68. The van der Waals surface area contributed by atoms with Crippen molar-refractivity contribution in [2.75, 3.05) is 39.1 Å². The summed E-state index contributed by atoms with van der Waals surface area (Å²) in [6.07, 6.45) is -4.45. The number of halogens is 3. The van der Waals surface area contributed by atoms with E-state index in [1.54, 1.807) is 18.0 Å². The van der Waals surface area contributed by atoms with Crippen molar-refractivity contribution in [3.8, 4) is 0 Å². The number of anilines is 1. The van der Waals surface area contributed by atoms with Crippen molar-refractivity contribution in [3.05, 3.63) is 29.3 Å². The van der Waals surface area contributed by atoms with Gasteiger partial charge in [-0.2, -0.15) is 13.2 Å². The zero-order valence-corrected chi connectivity index (χ0v) is 11.3. The zero-order valence-electron chi connectivity index (χ0n) is 11.3. The molecule has 0 aromatic heterocycles. The molecule has 108 valence electrons. The van der Waals surface area contributed by atoms with Crippen molar-refractivity contribution in [3.63, 3.8) is 0 Å². The molecule has 0 spiro atoms. The molecule has 1 rings (SSSR count). The Hall–Kier alpha value is -1.27. The lowest BCUT2D eigenvalue weighted by Crippen LogP contribution is -2.28. The Morgan fingerprint density at radius 2 is 1.74 bits per heavy atom. The number of aliphatic hydroxyl groups is 1. The van der Waals surface area contributed by atoms with Crippen LogP contribution >= 0.6 is 0 Å². The van der Waals surface area contributed by atoms with Gasteiger partial charge in [0.05, 0.1) is 12.2 Å². The summed E-state index contributed by atoms with van der Waals surface area (Å²) >= 11 is 0. The number of likely N-dealkylation sites (N-methyl/N-ethyl adjacent to an activating group) is 2. The first kappa shape index (κ1) is 15.8. The number of aliphatic hydroxyl groups excluding tert-OH is 1. The van der Waals surface area contributed by atoms with Gasteiger partial charge in [0.25, 0.3) is 0 Å². The molecule has 1 N–H and O–H groups in total. The molecule has 6 heteroatoms. The number of hydrogen-bond acceptors (Lipinski definition) is 3. The maximum absolute atomic E-state index is 12.9. The molecule has 0 fully saturated rings. The van der Waals surface area contributed by atoms with E-state index in [1.807, 2.05) is 19.0 Å². The molecule has 0 unspecified atom stereocenters. The standard InChI is InChI=1S/C13H19F3N2O/c1-17(2)6-7-18(3)11-5-4-10(9-19)12(8-11)13(14,15)16/h4-5,8,19H,6-7,9H2,1-3H3. The second-order valence-corrected chi connectivity index (χ2v) is 4.72. The van der Waals surface area contributed by atoms with Crippen molar-refractivity contribution in [1.29, 1.82) is 0 Å². The third kappa shape index (κ3) is 4.40. The Labute approximate surface area is 111 Å². The first-order chi connectivity index (χ1) is 8.75. The minimum atomic E-state index is -4.45. The molecule has 0 aliphatic rings. The van der Waals surface area contributed by atoms with Crippen LogP contribution < -0.4 is 4.90 Å². The number of nitrogens with zero attached hydrogens (tertiary/aromatic N) is 2. The molecule has 1 aromatic carbocycles. The third-order valence-electron chi connectivity index (χ3n) is 2.89. The van der Waals surface area contributed by atoms with Crippen molar-refractivity contribution in [1.82, 2.24) is 4.90 Å². The van der Waals surface area contributed by atoms with Gasteiger partial charge in [-0.3, -0.25) is 0 Å². The van der Waals surface area contributed by atoms with E-state index in [1.165, 1.54) is 6.07 Å². The van der Waals surface area contributed by atoms with Crippen LogP contribution in [0.2, 0.25) is 0 Å². The summed E-state index contributed by atoms with van der Waals surface area (Å²) < 4.78 is 38.6. The summed E-state index contributed by atoms with van der Waals surface area (Å²) in [6.45, 7) is 0.763. The summed E-state index contributed by atoms with van der Waals surface area (Å²) in [5.74, 6) is 0. The van der Waals surface area contributed by atoms with Crippen LogP contribution in [0.3, 0.4) is 0 Å². The van der Waals surface area contributed by atoms with E-state index in [0.29, 0.717) is 12.2 Å². The maximum Gasteiger partial charge on any atom is 0.416 e. The lowest BCUT2D eigenvalue weighted by atomic mass is 10.1. The molecule has 0 aliphatic carbocycles. The number of benzene rings is 1. The highest BCUT2D eigenvalue weighted by Crippen LogP contribution is 2.34. The van der Waals surface area contributed by atoms with Crippen molar-refractivity contribution >= 4 is 5.69 Å². The molecule has 19 heavy (non-hydrogen) atoms. The van der Waals surface area contributed by atoms with E-state index in [0.717, 1.165) is 12.6 Å². The molecule has 0 saturated heterocycles. The quantitative estimate of drug-likeness (QED) is 0.893. The summed E-state index contributed by atoms with van der Waals surface area (Å²) in [6, 6.07) is 4.00. The fourth-order valence-corrected chi connectivity index (χ4v) is 1.68. The molecular weight excluding hydrogens is 257 g/mol. The van der Waals surface area contributed by atoms with Crippen LogP contribution in [0.4, 0.5) is 18.9 Å². The summed E-state index contributed by atoms with van der Waals surface area (Å²) in [5, 5.41) is 8.97. The zero-order chi connectivity index (χ0) is 14.6. The summed E-state index contributed by atoms with van der Waals surface area (Å²) in [4.78, 5) is 3.72. The highest BCUT2D eigenvalue weighted by atomic mass is 19.4. The SMILES string of the molecule is CN(C)CCN(C)c1ccc(CO)c(C(F)(F)F)c1. The van der Waals surface area contributed by atoms with E-state index in [4.69, 9.17) is 5.11 Å². The molecule has 0 atom stereocenters. The minimum absolute atomic E-state index is 0.0998. The number of alkyl halides is 3. The van der Waals surface area contributed by atoms with Crippen molar-refractivity contribution in [2.24, 2.45) is 0 Å². The number of rotatable bonds is 5. The van der Waals surface area contributed by atoms with Crippen molar-refractivity contribution < 1.29 is 18.3 Å². The topological polar surface area (TPSA) is 26.7 Å². The van der Waals surface area contributed by atoms with Crippen LogP contribution in [-0.4, -0.2) is 44.2 Å². The molecule has 1 aromatic rings. The Morgan fingerprint density at radius 1 is 1.11 bits per heavy atom. The largest absolute Gasteiger partial charge is 0.416 e. The highest BCUT2D eigenvalue weighted by Gasteiger charge is 2.33. The van der Waals surface area contributed by atoms with Gasteiger partial charge in [0.1, 0.15) is 0 Å². The normalized spacial score (nSPS) is 12.0. The van der Waals surface area contributed by atoms with Gasteiger partial charge in [-0.05, 0) is 31.8 Å². The number of hydrogen-bond donors (Lipinski definition) is 1. The van der Waals surface area contributed by atoms with E-state index >= 15 is 0 Å². The second-order valence-electron chi connectivity index (χ2n) is 4.72. The Morgan fingerprint density at radius 3 is 2.21 bits per heavy atom. The van der Waals surface area contributed by atoms with Crippen LogP contribution in [0.15, 0.2) is 18.2 Å². The van der Waals surface area contributed by atoms with Crippen molar-refractivity contribution in [2.45, 2.75) is 12.8 Å². The second kappa shape index (κ2) is 6.25. The molecule has 0 aliphatic heterocycles. The molecule has 0 heterocycles. The van der Waals surface area contributed by atoms with Gasteiger partial charge in [-0.15, -0.1) is 0 Å². The maximum atomic E-state index is 12.9. The lowest BCUT2D eigenvalue weighted by Gasteiger charge is -2.23. The molecule has 0 saturated carbocycles. The molecular formula is C13H19F3N2O. The van der Waals surface area contributed by atoms with Gasteiger partial charge in [-0.25, -0.2) is 0 Å². The lowest BCUT2D eigenvalue weighted by molar-refractivity contribution is -0.138. The monoisotopic (exact) mass is 276 g/mol. The first-order valence-corrected chi connectivity index (χ1v) is 5.92. The van der Waals surface area contributed by atoms with Gasteiger partial charge in [0.15, 0.2) is 0 Å². The van der Waals surface area contributed by atoms with E-state index in [9.17, 15) is 13.2 Å². The molecule has 0 amide bonds. The third-order valence-corrected chi connectivity index (χ3v) is 2.89. The average Bonchev–Trinajstić information content (AvgIpc) is 2.34. The summed E-state index contributed by atoms with van der Waals surface area (Å²) in [5.41, 5.74) is -0.382. The predicted molar refractivity (Wildman–Crippen MR) is 69.2 cm³/mol. The first-order valence-electron chi connectivity index (χ1n) is 5.92. The molecule has 0 radical (unpaired) electrons. The Kier molecular flexibility index (Phi) is 5.20. The van der Waals surface area contributed by atoms with Gasteiger partial charge in [0, 0.05) is 25.8 Å². The minimum Gasteiger partial charge on any atom is -0.392 e. The fraction of sp³-hybridized carbons (Fsp3) is 0.538. The molecule has 3 nitrogen and oxygen atoms in total. The Balaban J connectivity index is 2.98. The van der Waals surface area contributed by atoms with Crippen LogP contribution in [0, 0.1) is 0 Å².